The summed E-state index contributed by atoms with van der Waals surface area (Å²) < 4.78 is 84.3. The molecule has 62 heavy (non-hydrogen) atoms. The SMILES string of the molecule is CC(C)C(=O)N1CCc2[nH]nc(C(=O)N3CCC(c4ccccc4C(F)(F)F)CC3CC(C)N3CCc4[nH]nc(C(=O)N5CCC(c6ccccc6C(F)(F)F)CC5)c4C3)c2C1. The number of carbonyl (C=O) groups is 3. The van der Waals surface area contributed by atoms with Crippen LogP contribution >= 0.6 is 0 Å². The van der Waals surface area contributed by atoms with E-state index >= 15 is 0 Å². The lowest BCUT2D eigenvalue weighted by Gasteiger charge is -2.43. The molecular formula is C45H52F6N8O3. The van der Waals surface area contributed by atoms with Crippen molar-refractivity contribution in [2.45, 2.75) is 115 Å². The van der Waals surface area contributed by atoms with Crippen molar-refractivity contribution in [1.82, 2.24) is 40.0 Å². The van der Waals surface area contributed by atoms with Crippen molar-refractivity contribution in [2.24, 2.45) is 5.92 Å². The van der Waals surface area contributed by atoms with E-state index in [4.69, 9.17) is 0 Å². The van der Waals surface area contributed by atoms with Gasteiger partial charge in [-0.2, -0.15) is 36.5 Å². The van der Waals surface area contributed by atoms with E-state index in [1.54, 1.807) is 26.8 Å². The molecule has 2 aromatic carbocycles. The fraction of sp³-hybridized carbons (Fsp3) is 0.533. The third-order valence-electron chi connectivity index (χ3n) is 13.5. The summed E-state index contributed by atoms with van der Waals surface area (Å²) in [7, 11) is 0. The third-order valence-corrected chi connectivity index (χ3v) is 13.5. The number of hydrogen-bond acceptors (Lipinski definition) is 6. The molecule has 2 saturated heterocycles. The molecule has 3 unspecified atom stereocenters. The number of halogens is 6. The number of aromatic amines is 2. The van der Waals surface area contributed by atoms with Crippen LogP contribution in [-0.2, 0) is 43.1 Å². The molecule has 2 N–H and O–H groups in total. The Hall–Kier alpha value is -5.19. The Bertz CT molecular complexity index is 2290. The van der Waals surface area contributed by atoms with Crippen LogP contribution in [0.2, 0.25) is 0 Å². The minimum atomic E-state index is -4.54. The van der Waals surface area contributed by atoms with Gasteiger partial charge in [-0.3, -0.25) is 29.5 Å². The van der Waals surface area contributed by atoms with Gasteiger partial charge in [0, 0.05) is 99.2 Å². The summed E-state index contributed by atoms with van der Waals surface area (Å²) in [6, 6.07) is 10.6. The van der Waals surface area contributed by atoms with Crippen LogP contribution in [0.5, 0.6) is 0 Å². The molecule has 0 radical (unpaired) electrons. The van der Waals surface area contributed by atoms with Gasteiger partial charge in [0.2, 0.25) is 5.91 Å². The van der Waals surface area contributed by atoms with Gasteiger partial charge in [-0.15, -0.1) is 0 Å². The average Bonchev–Trinajstić information content (AvgIpc) is 3.89. The van der Waals surface area contributed by atoms with E-state index in [0.717, 1.165) is 29.1 Å². The van der Waals surface area contributed by atoms with Gasteiger partial charge in [0.25, 0.3) is 11.8 Å². The Morgan fingerprint density at radius 2 is 1.21 bits per heavy atom. The van der Waals surface area contributed by atoms with Crippen molar-refractivity contribution >= 4 is 17.7 Å². The number of aromatic nitrogens is 4. The van der Waals surface area contributed by atoms with Gasteiger partial charge in [-0.05, 0) is 74.1 Å². The van der Waals surface area contributed by atoms with Gasteiger partial charge in [0.05, 0.1) is 11.1 Å². The van der Waals surface area contributed by atoms with E-state index in [1.165, 1.54) is 24.3 Å². The molecule has 332 valence electrons. The zero-order valence-corrected chi connectivity index (χ0v) is 35.1. The van der Waals surface area contributed by atoms with E-state index in [9.17, 15) is 40.7 Å². The zero-order chi connectivity index (χ0) is 44.1. The summed E-state index contributed by atoms with van der Waals surface area (Å²) in [5.41, 5.74) is 2.68. The number of rotatable bonds is 8. The summed E-state index contributed by atoms with van der Waals surface area (Å²) in [6.07, 6.45) is -6.10. The number of fused-ring (bicyclic) bond motifs is 2. The highest BCUT2D eigenvalue weighted by Crippen LogP contribution is 2.42. The molecule has 4 aliphatic heterocycles. The number of nitrogens with one attached hydrogen (secondary N) is 2. The molecule has 8 rings (SSSR count). The number of benzene rings is 2. The molecule has 4 aromatic rings. The summed E-state index contributed by atoms with van der Waals surface area (Å²) >= 11 is 0. The van der Waals surface area contributed by atoms with Crippen molar-refractivity contribution < 1.29 is 40.7 Å². The second-order valence-corrected chi connectivity index (χ2v) is 17.6. The van der Waals surface area contributed by atoms with Gasteiger partial charge >= 0.3 is 12.4 Å². The molecule has 6 heterocycles. The number of alkyl halides is 6. The maximum Gasteiger partial charge on any atom is 0.416 e. The first kappa shape index (κ1) is 43.5. The lowest BCUT2D eigenvalue weighted by molar-refractivity contribution is -0.139. The number of hydrogen-bond donors (Lipinski definition) is 2. The Morgan fingerprint density at radius 1 is 0.677 bits per heavy atom. The normalized spacial score (nSPS) is 20.9. The topological polar surface area (TPSA) is 122 Å². The highest BCUT2D eigenvalue weighted by molar-refractivity contribution is 5.95. The summed E-state index contributed by atoms with van der Waals surface area (Å²) in [5.74, 6) is -1.64. The highest BCUT2D eigenvalue weighted by Gasteiger charge is 2.42. The molecule has 3 amide bonds. The van der Waals surface area contributed by atoms with Crippen molar-refractivity contribution in [3.05, 3.63) is 105 Å². The Balaban J connectivity index is 0.998. The molecule has 2 aromatic heterocycles. The van der Waals surface area contributed by atoms with Gasteiger partial charge in [0.15, 0.2) is 11.4 Å². The first-order chi connectivity index (χ1) is 29.5. The number of amides is 3. The molecular weight excluding hydrogens is 815 g/mol. The Morgan fingerprint density at radius 3 is 1.81 bits per heavy atom. The lowest BCUT2D eigenvalue weighted by Crippen LogP contribution is -2.50. The van der Waals surface area contributed by atoms with Crippen molar-refractivity contribution in [3.63, 3.8) is 0 Å². The third kappa shape index (κ3) is 8.60. The summed E-state index contributed by atoms with van der Waals surface area (Å²) in [4.78, 5) is 48.9. The second kappa shape index (κ2) is 17.2. The number of likely N-dealkylation sites (tertiary alicyclic amines) is 2. The fourth-order valence-corrected chi connectivity index (χ4v) is 10.2. The number of carbonyl (C=O) groups excluding carboxylic acids is 3. The maximum atomic E-state index is 14.6. The number of piperidine rings is 2. The monoisotopic (exact) mass is 866 g/mol. The molecule has 3 atom stereocenters. The van der Waals surface area contributed by atoms with Crippen LogP contribution in [0.4, 0.5) is 26.3 Å². The van der Waals surface area contributed by atoms with E-state index in [0.29, 0.717) is 70.1 Å². The number of nitrogens with zero attached hydrogens (tertiary/aromatic N) is 6. The predicted molar refractivity (Wildman–Crippen MR) is 217 cm³/mol. The van der Waals surface area contributed by atoms with E-state index in [2.05, 4.69) is 25.3 Å². The minimum absolute atomic E-state index is 0.0196. The van der Waals surface area contributed by atoms with Gasteiger partial charge in [0.1, 0.15) is 0 Å². The molecule has 2 fully saturated rings. The van der Waals surface area contributed by atoms with Crippen LogP contribution in [0.15, 0.2) is 48.5 Å². The fourth-order valence-electron chi connectivity index (χ4n) is 10.2. The molecule has 0 saturated carbocycles. The van der Waals surface area contributed by atoms with Gasteiger partial charge in [-0.25, -0.2) is 0 Å². The first-order valence-corrected chi connectivity index (χ1v) is 21.6. The van der Waals surface area contributed by atoms with Crippen LogP contribution in [0.1, 0.15) is 130 Å². The lowest BCUT2D eigenvalue weighted by atomic mass is 9.81. The summed E-state index contributed by atoms with van der Waals surface area (Å²) in [6.45, 7) is 8.20. The zero-order valence-electron chi connectivity index (χ0n) is 35.1. The molecule has 0 aliphatic carbocycles. The molecule has 0 bridgehead atoms. The predicted octanol–water partition coefficient (Wildman–Crippen LogP) is 7.96. The average molecular weight is 867 g/mol. The van der Waals surface area contributed by atoms with Crippen molar-refractivity contribution in [2.75, 3.05) is 32.7 Å². The quantitative estimate of drug-likeness (QED) is 0.174. The molecule has 11 nitrogen and oxygen atoms in total. The Kier molecular flexibility index (Phi) is 12.0. The largest absolute Gasteiger partial charge is 0.416 e. The highest BCUT2D eigenvalue weighted by atomic mass is 19.4. The van der Waals surface area contributed by atoms with Crippen LogP contribution in [0, 0.1) is 5.92 Å². The Labute approximate surface area is 356 Å². The maximum absolute atomic E-state index is 14.6. The standard InChI is InChI=1S/C45H52F6N8O3/c1-26(2)41(60)58-20-16-38-34(25-58)40(55-53-38)43(62)59-21-14-29(32-9-5-7-11-36(32)45(49,50)51)23-30(59)22-27(3)57-19-15-37-33(24-57)39(54-52-37)42(61)56-17-12-28(13-18-56)31-8-4-6-10-35(31)44(46,47)48/h4-11,26-30H,12-25H2,1-3H3,(H,52,54)(H,53,55). The summed E-state index contributed by atoms with van der Waals surface area (Å²) in [5, 5.41) is 14.9. The van der Waals surface area contributed by atoms with Crippen LogP contribution in [0.25, 0.3) is 0 Å². The van der Waals surface area contributed by atoms with Crippen molar-refractivity contribution in [1.29, 1.82) is 0 Å². The van der Waals surface area contributed by atoms with Crippen molar-refractivity contribution in [3.8, 4) is 0 Å². The van der Waals surface area contributed by atoms with Crippen LogP contribution in [-0.4, -0.2) is 103 Å². The van der Waals surface area contributed by atoms with E-state index in [-0.39, 0.29) is 84.3 Å². The molecule has 4 aliphatic rings. The smallest absolute Gasteiger partial charge is 0.338 e. The first-order valence-electron chi connectivity index (χ1n) is 21.6. The van der Waals surface area contributed by atoms with Crippen LogP contribution < -0.4 is 0 Å². The van der Waals surface area contributed by atoms with Gasteiger partial charge < -0.3 is 14.7 Å². The second-order valence-electron chi connectivity index (χ2n) is 17.6. The van der Waals surface area contributed by atoms with Gasteiger partial charge in [-0.1, -0.05) is 50.2 Å². The minimum Gasteiger partial charge on any atom is -0.338 e. The van der Waals surface area contributed by atoms with Crippen LogP contribution in [0.3, 0.4) is 0 Å². The van der Waals surface area contributed by atoms with E-state index < -0.39 is 35.4 Å². The molecule has 0 spiro atoms. The van der Waals surface area contributed by atoms with E-state index in [1.807, 2.05) is 20.8 Å². The molecule has 17 heteroatoms. The number of H-pyrrole nitrogens is 2.